The number of anilines is 1. The molecule has 10 nitrogen and oxygen atoms in total. The quantitative estimate of drug-likeness (QED) is 0.318. The third-order valence-electron chi connectivity index (χ3n) is 7.32. The van der Waals surface area contributed by atoms with Crippen molar-refractivity contribution >= 4 is 23.9 Å². The summed E-state index contributed by atoms with van der Waals surface area (Å²) in [7, 11) is 0. The number of carbonyl (C=O) groups is 2. The Hall–Kier alpha value is -4.22. The average molecular weight is 552 g/mol. The predicted molar refractivity (Wildman–Crippen MR) is 142 cm³/mol. The van der Waals surface area contributed by atoms with Gasteiger partial charge in [-0.3, -0.25) is 4.79 Å². The number of carbonyl (C=O) groups excluding carboxylic acids is 2. The van der Waals surface area contributed by atoms with Gasteiger partial charge in [-0.1, -0.05) is 25.1 Å². The first-order valence-corrected chi connectivity index (χ1v) is 13.5. The molecule has 2 aliphatic rings. The summed E-state index contributed by atoms with van der Waals surface area (Å²) in [4.78, 5) is 41.6. The number of nitrogens with zero attached hydrogens (tertiary/aromatic N) is 6. The summed E-state index contributed by atoms with van der Waals surface area (Å²) in [5, 5.41) is 11.2. The molecule has 0 radical (unpaired) electrons. The number of hydrogen-bond donors (Lipinski definition) is 1. The van der Waals surface area contributed by atoms with Crippen molar-refractivity contribution in [3.63, 3.8) is 0 Å². The van der Waals surface area contributed by atoms with Gasteiger partial charge in [0, 0.05) is 49.1 Å². The normalized spacial score (nSPS) is 17.8. The van der Waals surface area contributed by atoms with Crippen LogP contribution >= 0.6 is 0 Å². The number of nitrogens with one attached hydrogen (secondary N) is 1. The SMILES string of the molecule is CCCC(C)C(=O)On1cc(C2CCN(C(=O)/C=C/c3cnc(NC4Cc5cc(F)c(F)cc5C4)nc3)C2)nn1. The van der Waals surface area contributed by atoms with Gasteiger partial charge in [0.15, 0.2) is 11.6 Å². The second-order valence-electron chi connectivity index (χ2n) is 10.4. The average Bonchev–Trinajstić information content (AvgIpc) is 3.68. The van der Waals surface area contributed by atoms with Crippen molar-refractivity contribution in [1.29, 1.82) is 0 Å². The Morgan fingerprint density at radius 3 is 2.55 bits per heavy atom. The molecule has 12 heteroatoms. The fraction of sp³-hybridized carbons (Fsp3) is 0.429. The second-order valence-corrected chi connectivity index (χ2v) is 10.4. The van der Waals surface area contributed by atoms with Crippen LogP contribution in [0.25, 0.3) is 6.08 Å². The third-order valence-corrected chi connectivity index (χ3v) is 7.32. The summed E-state index contributed by atoms with van der Waals surface area (Å²) in [6.07, 6.45) is 11.4. The third kappa shape index (κ3) is 6.32. The first-order chi connectivity index (χ1) is 19.3. The van der Waals surface area contributed by atoms with Gasteiger partial charge in [-0.15, -0.1) is 5.10 Å². The van der Waals surface area contributed by atoms with Gasteiger partial charge < -0.3 is 15.1 Å². The van der Waals surface area contributed by atoms with E-state index in [0.717, 1.165) is 35.2 Å². The lowest BCUT2D eigenvalue weighted by Gasteiger charge is -2.13. The molecule has 1 fully saturated rings. The number of fused-ring (bicyclic) bond motifs is 1. The highest BCUT2D eigenvalue weighted by molar-refractivity contribution is 5.92. The largest absolute Gasteiger partial charge is 0.351 e. The molecular formula is C28H31F2N7O3. The molecule has 0 saturated carbocycles. The summed E-state index contributed by atoms with van der Waals surface area (Å²) in [5.41, 5.74) is 2.90. The standard InChI is InChI=1S/C28H31F2N7O3/c1-3-4-17(2)27(39)40-37-16-25(34-35-37)19-7-8-36(15-19)26(38)6-5-18-13-31-28(32-14-18)33-22-9-20-11-23(29)24(30)12-21(20)10-22/h5-6,11-14,16-17,19,22H,3-4,7-10,15H2,1-2H3,(H,31,32,33)/b6-5+. The molecule has 1 aliphatic heterocycles. The molecule has 5 rings (SSSR count). The summed E-state index contributed by atoms with van der Waals surface area (Å²) in [5.74, 6) is -1.98. The minimum atomic E-state index is -0.839. The van der Waals surface area contributed by atoms with Crippen molar-refractivity contribution in [2.45, 2.75) is 57.9 Å². The second kappa shape index (κ2) is 11.9. The minimum absolute atomic E-state index is 0.00118. The summed E-state index contributed by atoms with van der Waals surface area (Å²) in [6.45, 7) is 4.89. The van der Waals surface area contributed by atoms with E-state index >= 15 is 0 Å². The molecule has 2 atom stereocenters. The molecule has 2 aromatic heterocycles. The lowest BCUT2D eigenvalue weighted by atomic mass is 10.1. The monoisotopic (exact) mass is 551 g/mol. The molecule has 1 amide bonds. The van der Waals surface area contributed by atoms with Crippen LogP contribution in [0.4, 0.5) is 14.7 Å². The highest BCUT2D eigenvalue weighted by atomic mass is 19.2. The molecule has 3 aromatic rings. The minimum Gasteiger partial charge on any atom is -0.351 e. The van der Waals surface area contributed by atoms with Gasteiger partial charge in [0.1, 0.15) is 0 Å². The van der Waals surface area contributed by atoms with Crippen molar-refractivity contribution in [3.8, 4) is 0 Å². The Balaban J connectivity index is 1.10. The van der Waals surface area contributed by atoms with Crippen molar-refractivity contribution in [2.75, 3.05) is 18.4 Å². The van der Waals surface area contributed by atoms with E-state index in [0.29, 0.717) is 43.1 Å². The maximum Gasteiger partial charge on any atom is 0.337 e. The number of hydrogen-bond acceptors (Lipinski definition) is 8. The first-order valence-electron chi connectivity index (χ1n) is 13.5. The first kappa shape index (κ1) is 27.4. The van der Waals surface area contributed by atoms with Gasteiger partial charge in [-0.2, -0.15) is 0 Å². The maximum absolute atomic E-state index is 13.5. The van der Waals surface area contributed by atoms with Crippen molar-refractivity contribution in [2.24, 2.45) is 5.92 Å². The maximum atomic E-state index is 13.5. The number of rotatable bonds is 9. The Bertz CT molecular complexity index is 1380. The van der Waals surface area contributed by atoms with Crippen molar-refractivity contribution in [1.82, 2.24) is 30.0 Å². The molecular weight excluding hydrogens is 520 g/mol. The number of amides is 1. The van der Waals surface area contributed by atoms with Crippen LogP contribution in [0.15, 0.2) is 36.8 Å². The van der Waals surface area contributed by atoms with Gasteiger partial charge in [0.05, 0.1) is 17.8 Å². The van der Waals surface area contributed by atoms with E-state index in [4.69, 9.17) is 4.84 Å². The van der Waals surface area contributed by atoms with Crippen LogP contribution in [-0.4, -0.2) is 61.0 Å². The number of benzene rings is 1. The highest BCUT2D eigenvalue weighted by Gasteiger charge is 2.29. The van der Waals surface area contributed by atoms with Crippen molar-refractivity contribution in [3.05, 3.63) is 70.8 Å². The number of likely N-dealkylation sites (tertiary alicyclic amines) is 1. The summed E-state index contributed by atoms with van der Waals surface area (Å²) in [6, 6.07) is 2.44. The van der Waals surface area contributed by atoms with Crippen LogP contribution in [0, 0.1) is 17.6 Å². The van der Waals surface area contributed by atoms with E-state index in [9.17, 15) is 18.4 Å². The fourth-order valence-electron chi connectivity index (χ4n) is 5.10. The number of aromatic nitrogens is 5. The Kier molecular flexibility index (Phi) is 8.13. The zero-order chi connectivity index (χ0) is 28.2. The number of halogens is 2. The van der Waals surface area contributed by atoms with E-state index in [2.05, 4.69) is 25.6 Å². The molecule has 1 aliphatic carbocycles. The molecule has 1 N–H and O–H groups in total. The van der Waals surface area contributed by atoms with Gasteiger partial charge in [0.2, 0.25) is 11.9 Å². The van der Waals surface area contributed by atoms with Crippen LogP contribution in [0.5, 0.6) is 0 Å². The lowest BCUT2D eigenvalue weighted by molar-refractivity contribution is -0.150. The zero-order valence-electron chi connectivity index (χ0n) is 22.4. The van der Waals surface area contributed by atoms with E-state index in [1.807, 2.05) is 13.8 Å². The van der Waals surface area contributed by atoms with E-state index in [-0.39, 0.29) is 29.8 Å². The van der Waals surface area contributed by atoms with E-state index in [1.54, 1.807) is 29.6 Å². The van der Waals surface area contributed by atoms with Crippen LogP contribution in [-0.2, 0) is 22.4 Å². The Labute approximate surface area is 230 Å². The molecule has 0 bridgehead atoms. The molecule has 1 saturated heterocycles. The van der Waals surface area contributed by atoms with Crippen molar-refractivity contribution < 1.29 is 23.2 Å². The van der Waals surface area contributed by atoms with Crippen LogP contribution in [0.1, 0.15) is 61.4 Å². The van der Waals surface area contributed by atoms with E-state index < -0.39 is 11.6 Å². The molecule has 0 spiro atoms. The topological polar surface area (TPSA) is 115 Å². The van der Waals surface area contributed by atoms with E-state index in [1.165, 1.54) is 18.2 Å². The van der Waals surface area contributed by atoms with Gasteiger partial charge >= 0.3 is 5.97 Å². The highest BCUT2D eigenvalue weighted by Crippen LogP contribution is 2.27. The van der Waals surface area contributed by atoms with Gasteiger partial charge in [0.25, 0.3) is 0 Å². The Morgan fingerprint density at radius 2 is 1.88 bits per heavy atom. The molecule has 2 unspecified atom stereocenters. The molecule has 1 aromatic carbocycles. The van der Waals surface area contributed by atoms with Gasteiger partial charge in [-0.05, 0) is 60.2 Å². The Morgan fingerprint density at radius 1 is 1.18 bits per heavy atom. The molecule has 40 heavy (non-hydrogen) atoms. The smallest absolute Gasteiger partial charge is 0.337 e. The summed E-state index contributed by atoms with van der Waals surface area (Å²) >= 11 is 0. The zero-order valence-corrected chi connectivity index (χ0v) is 22.4. The van der Waals surface area contributed by atoms with Crippen LogP contribution in [0.2, 0.25) is 0 Å². The molecule has 210 valence electrons. The van der Waals surface area contributed by atoms with Crippen LogP contribution < -0.4 is 10.2 Å². The van der Waals surface area contributed by atoms with Gasteiger partial charge in [-0.25, -0.2) is 23.5 Å². The van der Waals surface area contributed by atoms with Crippen LogP contribution in [0.3, 0.4) is 0 Å². The summed E-state index contributed by atoms with van der Waals surface area (Å²) < 4.78 is 27.0. The predicted octanol–water partition coefficient (Wildman–Crippen LogP) is 3.35. The fourth-order valence-corrected chi connectivity index (χ4v) is 5.10. The lowest BCUT2D eigenvalue weighted by Crippen LogP contribution is -2.26. The molecule has 3 heterocycles.